The van der Waals surface area contributed by atoms with Gasteiger partial charge < -0.3 is 9.88 Å². The van der Waals surface area contributed by atoms with E-state index in [9.17, 15) is 4.79 Å². The summed E-state index contributed by atoms with van der Waals surface area (Å²) in [6.45, 7) is 2.81. The van der Waals surface area contributed by atoms with Gasteiger partial charge in [0.2, 0.25) is 0 Å². The lowest BCUT2D eigenvalue weighted by Crippen LogP contribution is -2.13. The van der Waals surface area contributed by atoms with Gasteiger partial charge >= 0.3 is 0 Å². The van der Waals surface area contributed by atoms with Crippen molar-refractivity contribution in [2.75, 3.05) is 5.32 Å². The van der Waals surface area contributed by atoms with Crippen LogP contribution in [0, 0.1) is 6.92 Å². The molecule has 0 unspecified atom stereocenters. The number of aromatic nitrogens is 2. The van der Waals surface area contributed by atoms with Crippen molar-refractivity contribution in [1.82, 2.24) is 9.55 Å². The number of rotatable bonds is 5. The Labute approximate surface area is 189 Å². The summed E-state index contributed by atoms with van der Waals surface area (Å²) in [5.41, 5.74) is 5.93. The minimum Gasteiger partial charge on any atom is -0.350 e. The quantitative estimate of drug-likeness (QED) is 0.388. The molecule has 1 N–H and O–H groups in total. The zero-order valence-electron chi connectivity index (χ0n) is 18.6. The second-order valence-electron chi connectivity index (χ2n) is 8.92. The maximum Gasteiger partial charge on any atom is 0.255 e. The highest BCUT2D eigenvalue weighted by atomic mass is 16.1. The Morgan fingerprint density at radius 1 is 1.03 bits per heavy atom. The van der Waals surface area contributed by atoms with E-state index in [1.165, 1.54) is 37.7 Å². The van der Waals surface area contributed by atoms with Gasteiger partial charge in [0.1, 0.15) is 0 Å². The SMILES string of the molecule is Cc1c(NC(=O)c2ccc(C3CCCCC3)cc2)ccc2cc(Cn3cccc3)cnc12. The minimum atomic E-state index is -0.0770. The predicted octanol–water partition coefficient (Wildman–Crippen LogP) is 6.69. The lowest BCUT2D eigenvalue weighted by molar-refractivity contribution is 0.102. The van der Waals surface area contributed by atoms with Crippen LogP contribution >= 0.6 is 0 Å². The molecule has 1 aliphatic carbocycles. The summed E-state index contributed by atoms with van der Waals surface area (Å²) in [6, 6.07) is 18.4. The molecule has 2 heterocycles. The standard InChI is InChI=1S/C28H29N3O/c1-20-26(14-13-25-17-21(18-29-27(20)25)19-31-15-5-6-16-31)30-28(32)24-11-9-23(10-12-24)22-7-3-2-4-8-22/h5-6,9-18,22H,2-4,7-8,19H2,1H3,(H,30,32). The number of benzene rings is 2. The van der Waals surface area contributed by atoms with Crippen LogP contribution in [-0.4, -0.2) is 15.5 Å². The monoisotopic (exact) mass is 423 g/mol. The number of aryl methyl sites for hydroxylation is 1. The zero-order chi connectivity index (χ0) is 21.9. The van der Waals surface area contributed by atoms with Crippen LogP contribution in [0.2, 0.25) is 0 Å². The van der Waals surface area contributed by atoms with Crippen LogP contribution in [0.1, 0.15) is 65.1 Å². The van der Waals surface area contributed by atoms with Crippen LogP contribution in [0.25, 0.3) is 10.9 Å². The Balaban J connectivity index is 1.31. The maximum atomic E-state index is 12.9. The first kappa shape index (κ1) is 20.5. The van der Waals surface area contributed by atoms with Gasteiger partial charge in [0.15, 0.2) is 0 Å². The van der Waals surface area contributed by atoms with E-state index in [2.05, 4.69) is 40.5 Å². The highest BCUT2D eigenvalue weighted by Crippen LogP contribution is 2.32. The number of nitrogens with one attached hydrogen (secondary N) is 1. The van der Waals surface area contributed by atoms with Crippen LogP contribution in [0.5, 0.6) is 0 Å². The Morgan fingerprint density at radius 2 is 1.78 bits per heavy atom. The van der Waals surface area contributed by atoms with E-state index in [1.807, 2.05) is 49.5 Å². The van der Waals surface area contributed by atoms with E-state index in [4.69, 9.17) is 4.98 Å². The van der Waals surface area contributed by atoms with Gasteiger partial charge in [-0.15, -0.1) is 0 Å². The number of amides is 1. The highest BCUT2D eigenvalue weighted by Gasteiger charge is 2.16. The number of nitrogens with zero attached hydrogens (tertiary/aromatic N) is 2. The van der Waals surface area contributed by atoms with E-state index in [0.29, 0.717) is 11.5 Å². The van der Waals surface area contributed by atoms with Crippen molar-refractivity contribution >= 4 is 22.5 Å². The van der Waals surface area contributed by atoms with Crippen LogP contribution in [-0.2, 0) is 6.54 Å². The van der Waals surface area contributed by atoms with Gasteiger partial charge in [-0.1, -0.05) is 37.5 Å². The summed E-state index contributed by atoms with van der Waals surface area (Å²) < 4.78 is 2.13. The normalized spacial score (nSPS) is 14.5. The van der Waals surface area contributed by atoms with Crippen molar-refractivity contribution < 1.29 is 4.79 Å². The molecule has 4 aromatic rings. The Hall–Kier alpha value is -3.40. The van der Waals surface area contributed by atoms with Crippen molar-refractivity contribution in [1.29, 1.82) is 0 Å². The van der Waals surface area contributed by atoms with Gasteiger partial charge in [-0.05, 0) is 78.8 Å². The summed E-state index contributed by atoms with van der Waals surface area (Å²) in [6.07, 6.45) is 12.5. The van der Waals surface area contributed by atoms with Gasteiger partial charge in [0.25, 0.3) is 5.91 Å². The van der Waals surface area contributed by atoms with Crippen LogP contribution in [0.3, 0.4) is 0 Å². The summed E-state index contributed by atoms with van der Waals surface area (Å²) >= 11 is 0. The second-order valence-corrected chi connectivity index (χ2v) is 8.92. The minimum absolute atomic E-state index is 0.0770. The number of fused-ring (bicyclic) bond motifs is 1. The molecule has 32 heavy (non-hydrogen) atoms. The lowest BCUT2D eigenvalue weighted by atomic mass is 9.84. The highest BCUT2D eigenvalue weighted by molar-refractivity contribution is 6.05. The average molecular weight is 424 g/mol. The molecule has 1 fully saturated rings. The average Bonchev–Trinajstić information content (AvgIpc) is 3.34. The number of pyridine rings is 1. The van der Waals surface area contributed by atoms with Gasteiger partial charge in [-0.2, -0.15) is 0 Å². The Morgan fingerprint density at radius 3 is 2.53 bits per heavy atom. The molecule has 1 aliphatic rings. The molecule has 0 spiro atoms. The first-order valence-electron chi connectivity index (χ1n) is 11.6. The third kappa shape index (κ3) is 4.31. The van der Waals surface area contributed by atoms with E-state index in [1.54, 1.807) is 0 Å². The van der Waals surface area contributed by atoms with Crippen molar-refractivity contribution in [3.8, 4) is 0 Å². The summed E-state index contributed by atoms with van der Waals surface area (Å²) in [5.74, 6) is 0.573. The fourth-order valence-corrected chi connectivity index (χ4v) is 4.84. The summed E-state index contributed by atoms with van der Waals surface area (Å²) in [4.78, 5) is 17.6. The number of hydrogen-bond acceptors (Lipinski definition) is 2. The van der Waals surface area contributed by atoms with Crippen LogP contribution in [0.15, 0.2) is 73.2 Å². The molecule has 0 saturated heterocycles. The Kier molecular flexibility index (Phi) is 5.76. The van der Waals surface area contributed by atoms with Crippen molar-refractivity contribution in [2.45, 2.75) is 51.5 Å². The molecule has 4 heteroatoms. The molecule has 1 amide bonds. The van der Waals surface area contributed by atoms with E-state index < -0.39 is 0 Å². The van der Waals surface area contributed by atoms with E-state index in [-0.39, 0.29) is 5.91 Å². The van der Waals surface area contributed by atoms with Gasteiger partial charge in [0, 0.05) is 41.8 Å². The van der Waals surface area contributed by atoms with Crippen LogP contribution < -0.4 is 5.32 Å². The van der Waals surface area contributed by atoms with Crippen LogP contribution in [0.4, 0.5) is 5.69 Å². The smallest absolute Gasteiger partial charge is 0.255 e. The number of carbonyl (C=O) groups excluding carboxylic acids is 1. The van der Waals surface area contributed by atoms with Crippen molar-refractivity contribution in [2.24, 2.45) is 0 Å². The number of carbonyl (C=O) groups is 1. The molecule has 162 valence electrons. The molecule has 2 aromatic heterocycles. The molecule has 5 rings (SSSR count). The third-order valence-electron chi connectivity index (χ3n) is 6.69. The molecule has 0 bridgehead atoms. The molecular formula is C28H29N3O. The maximum absolute atomic E-state index is 12.9. The fourth-order valence-electron chi connectivity index (χ4n) is 4.84. The lowest BCUT2D eigenvalue weighted by Gasteiger charge is -2.22. The molecule has 0 atom stereocenters. The third-order valence-corrected chi connectivity index (χ3v) is 6.69. The zero-order valence-corrected chi connectivity index (χ0v) is 18.6. The second kappa shape index (κ2) is 8.99. The van der Waals surface area contributed by atoms with Gasteiger partial charge in [-0.25, -0.2) is 0 Å². The van der Waals surface area contributed by atoms with Gasteiger partial charge in [-0.3, -0.25) is 9.78 Å². The largest absolute Gasteiger partial charge is 0.350 e. The number of anilines is 1. The van der Waals surface area contributed by atoms with Crippen molar-refractivity contribution in [3.63, 3.8) is 0 Å². The first-order valence-corrected chi connectivity index (χ1v) is 11.6. The number of hydrogen-bond donors (Lipinski definition) is 1. The molecular weight excluding hydrogens is 394 g/mol. The first-order chi connectivity index (χ1) is 15.7. The Bertz CT molecular complexity index is 1220. The molecule has 4 nitrogen and oxygen atoms in total. The van der Waals surface area contributed by atoms with Gasteiger partial charge in [0.05, 0.1) is 5.52 Å². The topological polar surface area (TPSA) is 46.9 Å². The van der Waals surface area contributed by atoms with Crippen molar-refractivity contribution in [3.05, 3.63) is 95.4 Å². The fraction of sp³-hybridized carbons (Fsp3) is 0.286. The summed E-state index contributed by atoms with van der Waals surface area (Å²) in [5, 5.41) is 4.17. The van der Waals surface area contributed by atoms with E-state index >= 15 is 0 Å². The molecule has 1 saturated carbocycles. The van der Waals surface area contributed by atoms with E-state index in [0.717, 1.165) is 34.3 Å². The molecule has 0 aliphatic heterocycles. The predicted molar refractivity (Wildman–Crippen MR) is 130 cm³/mol. The molecule has 0 radical (unpaired) electrons. The molecule has 2 aromatic carbocycles. The summed E-state index contributed by atoms with van der Waals surface area (Å²) in [7, 11) is 0.